The lowest BCUT2D eigenvalue weighted by molar-refractivity contribution is -0.165. The molecule has 1 aliphatic heterocycles. The quantitative estimate of drug-likeness (QED) is 0.520. The van der Waals surface area contributed by atoms with Crippen LogP contribution in [-0.2, 0) is 9.47 Å². The molecule has 3 heteroatoms. The Bertz CT molecular complexity index is 216. The van der Waals surface area contributed by atoms with E-state index in [2.05, 4.69) is 22.9 Å². The third-order valence-electron chi connectivity index (χ3n) is 3.98. The van der Waals surface area contributed by atoms with Gasteiger partial charge in [-0.2, -0.15) is 0 Å². The molecule has 17 heavy (non-hydrogen) atoms. The molecular weight excluding hydrogens is 280 g/mol. The fourth-order valence-electron chi connectivity index (χ4n) is 2.68. The molecular formula is C14H25BrO2. The minimum atomic E-state index is 0.0836. The third-order valence-corrected chi connectivity index (χ3v) is 5.34. The van der Waals surface area contributed by atoms with Crippen molar-refractivity contribution in [1.29, 1.82) is 0 Å². The number of unbranched alkanes of at least 4 members (excludes halogenated alkanes) is 2. The first-order valence-electron chi connectivity index (χ1n) is 7.20. The molecule has 1 saturated heterocycles. The average molecular weight is 305 g/mol. The van der Waals surface area contributed by atoms with Crippen molar-refractivity contribution in [2.24, 2.45) is 11.8 Å². The topological polar surface area (TPSA) is 18.5 Å². The van der Waals surface area contributed by atoms with Crippen LogP contribution in [0, 0.1) is 11.8 Å². The molecule has 0 N–H and O–H groups in total. The second kappa shape index (κ2) is 7.10. The van der Waals surface area contributed by atoms with Crippen molar-refractivity contribution >= 4 is 15.9 Å². The SMILES string of the molecule is CCCCCC1C(Br)C1COC1CCCCO1. The zero-order chi connectivity index (χ0) is 12.1. The summed E-state index contributed by atoms with van der Waals surface area (Å²) in [5, 5.41) is 0. The normalized spacial score (nSPS) is 37.1. The maximum absolute atomic E-state index is 5.86. The third kappa shape index (κ3) is 4.22. The Morgan fingerprint density at radius 2 is 2.12 bits per heavy atom. The number of rotatable bonds is 7. The number of alkyl halides is 1. The van der Waals surface area contributed by atoms with E-state index in [1.54, 1.807) is 0 Å². The minimum absolute atomic E-state index is 0.0836. The fraction of sp³-hybridized carbons (Fsp3) is 1.00. The van der Waals surface area contributed by atoms with Gasteiger partial charge in [-0.15, -0.1) is 0 Å². The van der Waals surface area contributed by atoms with E-state index in [-0.39, 0.29) is 6.29 Å². The van der Waals surface area contributed by atoms with Crippen molar-refractivity contribution in [3.05, 3.63) is 0 Å². The molecule has 4 unspecified atom stereocenters. The van der Waals surface area contributed by atoms with Gasteiger partial charge in [0.2, 0.25) is 0 Å². The van der Waals surface area contributed by atoms with Crippen LogP contribution in [0.1, 0.15) is 51.9 Å². The Morgan fingerprint density at radius 3 is 2.82 bits per heavy atom. The van der Waals surface area contributed by atoms with Crippen molar-refractivity contribution < 1.29 is 9.47 Å². The summed E-state index contributed by atoms with van der Waals surface area (Å²) in [5.74, 6) is 1.59. The number of hydrogen-bond donors (Lipinski definition) is 0. The molecule has 0 amide bonds. The Morgan fingerprint density at radius 1 is 1.24 bits per heavy atom. The molecule has 100 valence electrons. The Balaban J connectivity index is 1.57. The van der Waals surface area contributed by atoms with Crippen LogP contribution in [0.3, 0.4) is 0 Å². The van der Waals surface area contributed by atoms with Gasteiger partial charge in [-0.05, 0) is 37.5 Å². The van der Waals surface area contributed by atoms with E-state index in [0.717, 1.165) is 31.5 Å². The van der Waals surface area contributed by atoms with Gasteiger partial charge in [-0.3, -0.25) is 0 Å². The molecule has 0 spiro atoms. The molecule has 4 atom stereocenters. The molecule has 1 aliphatic carbocycles. The summed E-state index contributed by atoms with van der Waals surface area (Å²) in [4.78, 5) is 0.697. The lowest BCUT2D eigenvalue weighted by atomic mass is 10.1. The van der Waals surface area contributed by atoms with Crippen LogP contribution in [0.4, 0.5) is 0 Å². The molecule has 0 aromatic heterocycles. The van der Waals surface area contributed by atoms with E-state index in [1.165, 1.54) is 38.5 Å². The molecule has 1 heterocycles. The van der Waals surface area contributed by atoms with Crippen LogP contribution in [0.2, 0.25) is 0 Å². The van der Waals surface area contributed by atoms with Crippen LogP contribution < -0.4 is 0 Å². The van der Waals surface area contributed by atoms with E-state index >= 15 is 0 Å². The molecule has 2 aliphatic rings. The Labute approximate surface area is 114 Å². The van der Waals surface area contributed by atoms with Crippen LogP contribution in [0.15, 0.2) is 0 Å². The summed E-state index contributed by atoms with van der Waals surface area (Å²) >= 11 is 3.77. The molecule has 2 fully saturated rings. The molecule has 1 saturated carbocycles. The Kier molecular flexibility index (Phi) is 5.78. The predicted octanol–water partition coefficient (Wildman–Crippen LogP) is 4.12. The Hall–Kier alpha value is 0.400. The summed E-state index contributed by atoms with van der Waals surface area (Å²) in [5.41, 5.74) is 0. The molecule has 2 rings (SSSR count). The minimum Gasteiger partial charge on any atom is -0.353 e. The van der Waals surface area contributed by atoms with Crippen molar-refractivity contribution in [3.8, 4) is 0 Å². The van der Waals surface area contributed by atoms with Crippen molar-refractivity contribution in [2.45, 2.75) is 63.0 Å². The van der Waals surface area contributed by atoms with Crippen LogP contribution in [-0.4, -0.2) is 24.3 Å². The fourth-order valence-corrected chi connectivity index (χ4v) is 3.70. The zero-order valence-electron chi connectivity index (χ0n) is 10.9. The summed E-state index contributed by atoms with van der Waals surface area (Å²) < 4.78 is 11.4. The molecule has 0 aromatic carbocycles. The largest absolute Gasteiger partial charge is 0.353 e. The standard InChI is InChI=1S/C14H25BrO2/c1-2-3-4-7-11-12(14(11)15)10-17-13-8-5-6-9-16-13/h11-14H,2-10H2,1H3. The average Bonchev–Trinajstić information content (AvgIpc) is 2.98. The summed E-state index contributed by atoms with van der Waals surface area (Å²) in [7, 11) is 0. The van der Waals surface area contributed by atoms with E-state index in [9.17, 15) is 0 Å². The van der Waals surface area contributed by atoms with Gasteiger partial charge in [0.05, 0.1) is 6.61 Å². The summed E-state index contributed by atoms with van der Waals surface area (Å²) in [6.07, 6.45) is 9.05. The number of hydrogen-bond acceptors (Lipinski definition) is 2. The van der Waals surface area contributed by atoms with Crippen LogP contribution >= 0.6 is 15.9 Å². The van der Waals surface area contributed by atoms with Gasteiger partial charge in [0.15, 0.2) is 6.29 Å². The first kappa shape index (κ1) is 13.8. The highest BCUT2D eigenvalue weighted by atomic mass is 79.9. The summed E-state index contributed by atoms with van der Waals surface area (Å²) in [6, 6.07) is 0. The van der Waals surface area contributed by atoms with Crippen molar-refractivity contribution in [3.63, 3.8) is 0 Å². The van der Waals surface area contributed by atoms with Gasteiger partial charge in [0.25, 0.3) is 0 Å². The van der Waals surface area contributed by atoms with E-state index in [4.69, 9.17) is 9.47 Å². The van der Waals surface area contributed by atoms with E-state index < -0.39 is 0 Å². The summed E-state index contributed by atoms with van der Waals surface area (Å²) in [6.45, 7) is 4.03. The molecule has 0 aromatic rings. The van der Waals surface area contributed by atoms with Crippen LogP contribution in [0.5, 0.6) is 0 Å². The second-order valence-corrected chi connectivity index (χ2v) is 6.45. The van der Waals surface area contributed by atoms with Crippen LogP contribution in [0.25, 0.3) is 0 Å². The monoisotopic (exact) mass is 304 g/mol. The maximum Gasteiger partial charge on any atom is 0.157 e. The lowest BCUT2D eigenvalue weighted by Gasteiger charge is -2.22. The van der Waals surface area contributed by atoms with Gasteiger partial charge < -0.3 is 9.47 Å². The number of ether oxygens (including phenoxy) is 2. The second-order valence-electron chi connectivity index (χ2n) is 5.40. The van der Waals surface area contributed by atoms with Gasteiger partial charge >= 0.3 is 0 Å². The highest BCUT2D eigenvalue weighted by molar-refractivity contribution is 9.09. The number of halogens is 1. The van der Waals surface area contributed by atoms with Gasteiger partial charge in [0, 0.05) is 11.4 Å². The molecule has 0 radical (unpaired) electrons. The molecule has 0 bridgehead atoms. The lowest BCUT2D eigenvalue weighted by Crippen LogP contribution is -2.23. The zero-order valence-corrected chi connectivity index (χ0v) is 12.5. The van der Waals surface area contributed by atoms with Gasteiger partial charge in [0.1, 0.15) is 0 Å². The smallest absolute Gasteiger partial charge is 0.157 e. The first-order valence-corrected chi connectivity index (χ1v) is 8.11. The highest BCUT2D eigenvalue weighted by Crippen LogP contribution is 2.48. The maximum atomic E-state index is 5.86. The van der Waals surface area contributed by atoms with E-state index in [0.29, 0.717) is 4.83 Å². The van der Waals surface area contributed by atoms with Crippen molar-refractivity contribution in [1.82, 2.24) is 0 Å². The molecule has 2 nitrogen and oxygen atoms in total. The predicted molar refractivity (Wildman–Crippen MR) is 73.4 cm³/mol. The highest BCUT2D eigenvalue weighted by Gasteiger charge is 2.47. The van der Waals surface area contributed by atoms with Crippen molar-refractivity contribution in [2.75, 3.05) is 13.2 Å². The van der Waals surface area contributed by atoms with E-state index in [1.807, 2.05) is 0 Å². The first-order chi connectivity index (χ1) is 8.33. The van der Waals surface area contributed by atoms with Gasteiger partial charge in [-0.25, -0.2) is 0 Å². The van der Waals surface area contributed by atoms with Gasteiger partial charge in [-0.1, -0.05) is 42.1 Å².